The third-order valence-corrected chi connectivity index (χ3v) is 5.03. The number of alkyl halides is 3. The van der Waals surface area contributed by atoms with Gasteiger partial charge in [0.05, 0.1) is 16.9 Å². The number of rotatable bonds is 3. The molecule has 3 rings (SSSR count). The van der Waals surface area contributed by atoms with Crippen LogP contribution in [0, 0.1) is 0 Å². The Kier molecular flexibility index (Phi) is 6.58. The van der Waals surface area contributed by atoms with E-state index in [1.165, 1.54) is 6.07 Å². The maximum Gasteiger partial charge on any atom is 0.416 e. The van der Waals surface area contributed by atoms with Gasteiger partial charge in [-0.1, -0.05) is 23.2 Å². The average Bonchev–Trinajstić information content (AvgIpc) is 2.60. The van der Waals surface area contributed by atoms with Gasteiger partial charge in [0.15, 0.2) is 5.11 Å². The van der Waals surface area contributed by atoms with Crippen molar-refractivity contribution in [2.75, 3.05) is 28.6 Å². The third kappa shape index (κ3) is 5.43. The third-order valence-electron chi connectivity index (χ3n) is 4.39. The maximum atomic E-state index is 13.2. The Morgan fingerprint density at radius 2 is 1.57 bits per heavy atom. The standard InChI is InChI=1S/C19H18Cl2F3N3S/c20-13-9-14(21)11-15(10-13)25-18(28)26-16-8-12(19(22,23)24)4-5-17(16)27-6-2-1-3-7-27/h4-5,8-11H,1-3,6-7H2,(H2,25,26,28). The van der Waals surface area contributed by atoms with Crippen molar-refractivity contribution in [2.45, 2.75) is 25.4 Å². The number of hydrogen-bond acceptors (Lipinski definition) is 2. The number of thiocarbonyl (C=S) groups is 1. The highest BCUT2D eigenvalue weighted by Gasteiger charge is 2.31. The van der Waals surface area contributed by atoms with Crippen LogP contribution in [0.25, 0.3) is 0 Å². The molecule has 0 saturated carbocycles. The lowest BCUT2D eigenvalue weighted by molar-refractivity contribution is -0.137. The van der Waals surface area contributed by atoms with Gasteiger partial charge in [-0.3, -0.25) is 0 Å². The van der Waals surface area contributed by atoms with E-state index >= 15 is 0 Å². The van der Waals surface area contributed by atoms with Crippen molar-refractivity contribution in [1.82, 2.24) is 0 Å². The second-order valence-electron chi connectivity index (χ2n) is 6.51. The molecule has 2 aromatic rings. The quantitative estimate of drug-likeness (QED) is 0.505. The molecular weight excluding hydrogens is 430 g/mol. The number of piperidine rings is 1. The van der Waals surface area contributed by atoms with Gasteiger partial charge in [0.25, 0.3) is 0 Å². The SMILES string of the molecule is FC(F)(F)c1ccc(N2CCCCC2)c(NC(=S)Nc2cc(Cl)cc(Cl)c2)c1. The van der Waals surface area contributed by atoms with Gasteiger partial charge in [-0.15, -0.1) is 0 Å². The predicted octanol–water partition coefficient (Wildman–Crippen LogP) is 6.81. The van der Waals surface area contributed by atoms with Gasteiger partial charge in [-0.2, -0.15) is 13.2 Å². The molecule has 1 aliphatic rings. The van der Waals surface area contributed by atoms with Crippen LogP contribution < -0.4 is 15.5 Å². The number of nitrogens with one attached hydrogen (secondary N) is 2. The summed E-state index contributed by atoms with van der Waals surface area (Å²) >= 11 is 17.2. The zero-order valence-corrected chi connectivity index (χ0v) is 17.1. The molecule has 0 radical (unpaired) electrons. The first kappa shape index (κ1) is 21.0. The summed E-state index contributed by atoms with van der Waals surface area (Å²) < 4.78 is 39.6. The molecule has 2 aromatic carbocycles. The number of benzene rings is 2. The number of halogens is 5. The summed E-state index contributed by atoms with van der Waals surface area (Å²) in [5.41, 5.74) is 0.814. The van der Waals surface area contributed by atoms with Crippen molar-refractivity contribution >= 4 is 57.6 Å². The van der Waals surface area contributed by atoms with E-state index in [9.17, 15) is 13.2 Å². The van der Waals surface area contributed by atoms with Crippen LogP contribution in [0.1, 0.15) is 24.8 Å². The van der Waals surface area contributed by atoms with Crippen LogP contribution in [0.2, 0.25) is 10.0 Å². The Morgan fingerprint density at radius 3 is 2.18 bits per heavy atom. The van der Waals surface area contributed by atoms with Crippen LogP contribution in [-0.4, -0.2) is 18.2 Å². The zero-order valence-electron chi connectivity index (χ0n) is 14.7. The van der Waals surface area contributed by atoms with E-state index in [0.29, 0.717) is 27.1 Å². The highest BCUT2D eigenvalue weighted by Crippen LogP contribution is 2.36. The van der Waals surface area contributed by atoms with Gasteiger partial charge in [-0.25, -0.2) is 0 Å². The first-order chi connectivity index (χ1) is 13.2. The lowest BCUT2D eigenvalue weighted by Crippen LogP contribution is -2.31. The lowest BCUT2D eigenvalue weighted by Gasteiger charge is -2.31. The Morgan fingerprint density at radius 1 is 0.929 bits per heavy atom. The van der Waals surface area contributed by atoms with Crippen LogP contribution in [0.4, 0.5) is 30.2 Å². The topological polar surface area (TPSA) is 27.3 Å². The largest absolute Gasteiger partial charge is 0.416 e. The molecule has 1 saturated heterocycles. The van der Waals surface area contributed by atoms with E-state index in [-0.39, 0.29) is 5.11 Å². The molecule has 150 valence electrons. The van der Waals surface area contributed by atoms with Crippen molar-refractivity contribution in [1.29, 1.82) is 0 Å². The van der Waals surface area contributed by atoms with Gasteiger partial charge in [0, 0.05) is 28.8 Å². The Hall–Kier alpha value is -1.70. The fourth-order valence-corrected chi connectivity index (χ4v) is 3.89. The fraction of sp³-hybridized carbons (Fsp3) is 0.316. The summed E-state index contributed by atoms with van der Waals surface area (Å²) in [6, 6.07) is 8.50. The van der Waals surface area contributed by atoms with Gasteiger partial charge in [0.1, 0.15) is 0 Å². The molecule has 1 heterocycles. The first-order valence-corrected chi connectivity index (χ1v) is 9.89. The van der Waals surface area contributed by atoms with Crippen molar-refractivity contribution in [2.24, 2.45) is 0 Å². The van der Waals surface area contributed by atoms with E-state index < -0.39 is 11.7 Å². The zero-order chi connectivity index (χ0) is 20.3. The second kappa shape index (κ2) is 8.76. The van der Waals surface area contributed by atoms with Crippen molar-refractivity contribution in [3.8, 4) is 0 Å². The minimum atomic E-state index is -4.44. The highest BCUT2D eigenvalue weighted by atomic mass is 35.5. The molecule has 9 heteroatoms. The Labute approximate surface area is 176 Å². The average molecular weight is 448 g/mol. The summed E-state index contributed by atoms with van der Waals surface area (Å²) in [5.74, 6) is 0. The van der Waals surface area contributed by atoms with E-state index in [1.807, 2.05) is 0 Å². The number of nitrogens with zero attached hydrogens (tertiary/aromatic N) is 1. The first-order valence-electron chi connectivity index (χ1n) is 8.73. The minimum absolute atomic E-state index is 0.149. The Balaban J connectivity index is 1.85. The summed E-state index contributed by atoms with van der Waals surface area (Å²) in [6.07, 6.45) is -1.31. The minimum Gasteiger partial charge on any atom is -0.370 e. The van der Waals surface area contributed by atoms with Crippen molar-refractivity contribution in [3.05, 3.63) is 52.0 Å². The van der Waals surface area contributed by atoms with Gasteiger partial charge in [-0.05, 0) is 67.9 Å². The van der Waals surface area contributed by atoms with E-state index in [2.05, 4.69) is 15.5 Å². The molecule has 0 aromatic heterocycles. The molecular formula is C19H18Cl2F3N3S. The van der Waals surface area contributed by atoms with Gasteiger partial charge in [0.2, 0.25) is 0 Å². The smallest absolute Gasteiger partial charge is 0.370 e. The van der Waals surface area contributed by atoms with Gasteiger partial charge >= 0.3 is 6.18 Å². The summed E-state index contributed by atoms with van der Waals surface area (Å²) in [6.45, 7) is 1.59. The molecule has 0 atom stereocenters. The van der Waals surface area contributed by atoms with Crippen molar-refractivity contribution < 1.29 is 13.2 Å². The monoisotopic (exact) mass is 447 g/mol. The summed E-state index contributed by atoms with van der Waals surface area (Å²) in [4.78, 5) is 2.07. The van der Waals surface area contributed by atoms with E-state index in [1.54, 1.807) is 18.2 Å². The molecule has 1 aliphatic heterocycles. The van der Waals surface area contributed by atoms with Crippen LogP contribution in [-0.2, 0) is 6.18 Å². The maximum absolute atomic E-state index is 13.2. The number of anilines is 3. The molecule has 0 amide bonds. The van der Waals surface area contributed by atoms with Crippen LogP contribution >= 0.6 is 35.4 Å². The second-order valence-corrected chi connectivity index (χ2v) is 7.80. The molecule has 0 aliphatic carbocycles. The predicted molar refractivity (Wildman–Crippen MR) is 114 cm³/mol. The highest BCUT2D eigenvalue weighted by molar-refractivity contribution is 7.80. The molecule has 0 bridgehead atoms. The summed E-state index contributed by atoms with van der Waals surface area (Å²) in [7, 11) is 0. The molecule has 1 fully saturated rings. The van der Waals surface area contributed by atoms with Gasteiger partial charge < -0.3 is 15.5 Å². The molecule has 0 spiro atoms. The molecule has 28 heavy (non-hydrogen) atoms. The van der Waals surface area contributed by atoms with Crippen LogP contribution in [0.5, 0.6) is 0 Å². The van der Waals surface area contributed by atoms with E-state index in [0.717, 1.165) is 44.5 Å². The normalized spacial score (nSPS) is 14.7. The molecule has 3 nitrogen and oxygen atoms in total. The molecule has 2 N–H and O–H groups in total. The lowest BCUT2D eigenvalue weighted by atomic mass is 10.1. The van der Waals surface area contributed by atoms with Crippen molar-refractivity contribution in [3.63, 3.8) is 0 Å². The summed E-state index contributed by atoms with van der Waals surface area (Å²) in [5, 5.41) is 6.81. The van der Waals surface area contributed by atoms with E-state index in [4.69, 9.17) is 35.4 Å². The number of hydrogen-bond donors (Lipinski definition) is 2. The fourth-order valence-electron chi connectivity index (χ4n) is 3.13. The van der Waals surface area contributed by atoms with Crippen LogP contribution in [0.3, 0.4) is 0 Å². The molecule has 0 unspecified atom stereocenters. The van der Waals surface area contributed by atoms with Crippen LogP contribution in [0.15, 0.2) is 36.4 Å². The Bertz CT molecular complexity index is 848.